The van der Waals surface area contributed by atoms with Crippen LogP contribution in [0.15, 0.2) is 17.3 Å². The Morgan fingerprint density at radius 2 is 2.75 bits per heavy atom. The van der Waals surface area contributed by atoms with Gasteiger partial charge in [0, 0.05) is 6.21 Å². The molecule has 0 aliphatic carbocycles. The summed E-state index contributed by atoms with van der Waals surface area (Å²) in [5.41, 5.74) is 0. The van der Waals surface area contributed by atoms with Gasteiger partial charge in [0.1, 0.15) is 0 Å². The summed E-state index contributed by atoms with van der Waals surface area (Å²) >= 11 is 0. The van der Waals surface area contributed by atoms with Crippen LogP contribution in [0.3, 0.4) is 0 Å². The molecule has 0 aromatic rings. The van der Waals surface area contributed by atoms with Gasteiger partial charge in [0.15, 0.2) is 0 Å². The molecule has 0 saturated heterocycles. The minimum Gasteiger partial charge on any atom is -0.516 e. The van der Waals surface area contributed by atoms with Gasteiger partial charge in [-0.2, -0.15) is 0 Å². The Kier molecular flexibility index (Phi) is 1.64. The SMILES string of the molecule is O/C=C\C1C=NCN1. The van der Waals surface area contributed by atoms with Crippen LogP contribution in [-0.4, -0.2) is 24.0 Å². The normalized spacial score (nSPS) is 27.8. The van der Waals surface area contributed by atoms with Gasteiger partial charge in [-0.3, -0.25) is 10.3 Å². The van der Waals surface area contributed by atoms with Crippen molar-refractivity contribution in [3.8, 4) is 0 Å². The van der Waals surface area contributed by atoms with E-state index in [9.17, 15) is 0 Å². The maximum absolute atomic E-state index is 8.24. The van der Waals surface area contributed by atoms with Crippen molar-refractivity contribution in [1.29, 1.82) is 0 Å². The Labute approximate surface area is 47.7 Å². The molecule has 1 heterocycles. The van der Waals surface area contributed by atoms with E-state index in [0.717, 1.165) is 6.26 Å². The molecule has 0 bridgehead atoms. The standard InChI is InChI=1S/C5H8N2O/c8-2-1-5-3-6-4-7-5/h1-3,5,7-8H,4H2/b2-1-. The molecule has 1 atom stereocenters. The lowest BCUT2D eigenvalue weighted by molar-refractivity contribution is 0.469. The van der Waals surface area contributed by atoms with Crippen molar-refractivity contribution < 1.29 is 5.11 Å². The van der Waals surface area contributed by atoms with Crippen molar-refractivity contribution in [1.82, 2.24) is 5.32 Å². The van der Waals surface area contributed by atoms with Gasteiger partial charge in [-0.05, 0) is 6.08 Å². The van der Waals surface area contributed by atoms with Crippen LogP contribution in [0, 0.1) is 0 Å². The molecular formula is C5H8N2O. The molecule has 0 amide bonds. The molecule has 0 fully saturated rings. The number of nitrogens with zero attached hydrogens (tertiary/aromatic N) is 1. The number of aliphatic hydroxyl groups excluding tert-OH is 1. The number of aliphatic imine (C=N–C) groups is 1. The van der Waals surface area contributed by atoms with Crippen LogP contribution >= 0.6 is 0 Å². The first-order valence-corrected chi connectivity index (χ1v) is 2.47. The molecule has 8 heavy (non-hydrogen) atoms. The molecule has 0 spiro atoms. The second-order valence-corrected chi connectivity index (χ2v) is 1.56. The van der Waals surface area contributed by atoms with Crippen molar-refractivity contribution in [2.24, 2.45) is 4.99 Å². The Morgan fingerprint density at radius 1 is 1.88 bits per heavy atom. The van der Waals surface area contributed by atoms with Crippen LogP contribution in [0.5, 0.6) is 0 Å². The van der Waals surface area contributed by atoms with Gasteiger partial charge in [0.05, 0.1) is 19.0 Å². The number of hydrogen-bond donors (Lipinski definition) is 2. The van der Waals surface area contributed by atoms with Crippen LogP contribution < -0.4 is 5.32 Å². The molecule has 0 aromatic carbocycles. The van der Waals surface area contributed by atoms with Gasteiger partial charge in [-0.15, -0.1) is 0 Å². The van der Waals surface area contributed by atoms with E-state index in [1.165, 1.54) is 0 Å². The molecule has 3 nitrogen and oxygen atoms in total. The van der Waals surface area contributed by atoms with E-state index in [0.29, 0.717) is 6.67 Å². The molecular weight excluding hydrogens is 104 g/mol. The lowest BCUT2D eigenvalue weighted by Crippen LogP contribution is -2.21. The molecule has 1 rings (SSSR count). The van der Waals surface area contributed by atoms with Crippen LogP contribution in [0.2, 0.25) is 0 Å². The third-order valence-electron chi connectivity index (χ3n) is 0.978. The van der Waals surface area contributed by atoms with Gasteiger partial charge in [0.2, 0.25) is 0 Å². The zero-order valence-electron chi connectivity index (χ0n) is 4.41. The molecule has 3 heteroatoms. The lowest BCUT2D eigenvalue weighted by Gasteiger charge is -1.95. The smallest absolute Gasteiger partial charge is 0.0888 e. The highest BCUT2D eigenvalue weighted by atomic mass is 16.2. The van der Waals surface area contributed by atoms with Crippen molar-refractivity contribution in [3.05, 3.63) is 12.3 Å². The summed E-state index contributed by atoms with van der Waals surface area (Å²) in [4.78, 5) is 3.88. The van der Waals surface area contributed by atoms with Crippen LogP contribution in [0.4, 0.5) is 0 Å². The molecule has 44 valence electrons. The Bertz CT molecular complexity index is 120. The fourth-order valence-electron chi connectivity index (χ4n) is 0.588. The second kappa shape index (κ2) is 2.47. The maximum atomic E-state index is 8.24. The summed E-state index contributed by atoms with van der Waals surface area (Å²) in [7, 11) is 0. The fourth-order valence-corrected chi connectivity index (χ4v) is 0.588. The summed E-state index contributed by atoms with van der Waals surface area (Å²) in [6.45, 7) is 0.662. The third kappa shape index (κ3) is 1.07. The molecule has 1 aliphatic heterocycles. The highest BCUT2D eigenvalue weighted by molar-refractivity contribution is 5.68. The molecule has 1 aliphatic rings. The fraction of sp³-hybridized carbons (Fsp3) is 0.400. The number of hydrogen-bond acceptors (Lipinski definition) is 3. The Morgan fingerprint density at radius 3 is 3.25 bits per heavy atom. The Balaban J connectivity index is 2.36. The number of aliphatic hydroxyl groups is 1. The van der Waals surface area contributed by atoms with Gasteiger partial charge in [0.25, 0.3) is 0 Å². The van der Waals surface area contributed by atoms with E-state index in [1.54, 1.807) is 12.3 Å². The van der Waals surface area contributed by atoms with Crippen molar-refractivity contribution in [2.75, 3.05) is 6.67 Å². The summed E-state index contributed by atoms with van der Waals surface area (Å²) in [6.07, 6.45) is 4.41. The van der Waals surface area contributed by atoms with E-state index in [-0.39, 0.29) is 6.04 Å². The van der Waals surface area contributed by atoms with E-state index < -0.39 is 0 Å². The van der Waals surface area contributed by atoms with E-state index >= 15 is 0 Å². The molecule has 0 radical (unpaired) electrons. The number of nitrogens with one attached hydrogen (secondary N) is 1. The average Bonchev–Trinajstić information content (AvgIpc) is 2.19. The first-order chi connectivity index (χ1) is 3.93. The first kappa shape index (κ1) is 5.31. The van der Waals surface area contributed by atoms with E-state index in [1.807, 2.05) is 0 Å². The number of rotatable bonds is 1. The quantitative estimate of drug-likeness (QED) is 0.471. The third-order valence-corrected chi connectivity index (χ3v) is 0.978. The molecule has 0 saturated carbocycles. The molecule has 0 aromatic heterocycles. The lowest BCUT2D eigenvalue weighted by atomic mass is 10.3. The van der Waals surface area contributed by atoms with Crippen LogP contribution in [0.25, 0.3) is 0 Å². The minimum absolute atomic E-state index is 0.139. The minimum atomic E-state index is 0.139. The zero-order chi connectivity index (χ0) is 5.82. The summed E-state index contributed by atoms with van der Waals surface area (Å²) < 4.78 is 0. The first-order valence-electron chi connectivity index (χ1n) is 2.47. The van der Waals surface area contributed by atoms with Gasteiger partial charge in [-0.1, -0.05) is 0 Å². The largest absolute Gasteiger partial charge is 0.516 e. The molecule has 1 unspecified atom stereocenters. The van der Waals surface area contributed by atoms with Crippen LogP contribution in [-0.2, 0) is 0 Å². The zero-order valence-corrected chi connectivity index (χ0v) is 4.41. The van der Waals surface area contributed by atoms with Gasteiger partial charge >= 0.3 is 0 Å². The highest BCUT2D eigenvalue weighted by Crippen LogP contribution is 1.87. The van der Waals surface area contributed by atoms with Gasteiger partial charge < -0.3 is 5.11 Å². The van der Waals surface area contributed by atoms with E-state index in [2.05, 4.69) is 10.3 Å². The highest BCUT2D eigenvalue weighted by Gasteiger charge is 2.02. The van der Waals surface area contributed by atoms with Crippen molar-refractivity contribution in [3.63, 3.8) is 0 Å². The second-order valence-electron chi connectivity index (χ2n) is 1.56. The summed E-state index contributed by atoms with van der Waals surface area (Å²) in [5, 5.41) is 11.2. The summed E-state index contributed by atoms with van der Waals surface area (Å²) in [5.74, 6) is 0. The summed E-state index contributed by atoms with van der Waals surface area (Å²) in [6, 6.07) is 0.139. The van der Waals surface area contributed by atoms with Crippen molar-refractivity contribution >= 4 is 6.21 Å². The maximum Gasteiger partial charge on any atom is 0.0888 e. The average molecular weight is 112 g/mol. The predicted octanol–water partition coefficient (Wildman–Crippen LogP) is 0.0582. The van der Waals surface area contributed by atoms with Crippen molar-refractivity contribution in [2.45, 2.75) is 6.04 Å². The predicted molar refractivity (Wildman–Crippen MR) is 32.1 cm³/mol. The topological polar surface area (TPSA) is 44.6 Å². The van der Waals surface area contributed by atoms with Gasteiger partial charge in [-0.25, -0.2) is 0 Å². The molecule has 2 N–H and O–H groups in total. The van der Waals surface area contributed by atoms with Crippen LogP contribution in [0.1, 0.15) is 0 Å². The monoisotopic (exact) mass is 112 g/mol. The Hall–Kier alpha value is -0.830. The van der Waals surface area contributed by atoms with E-state index in [4.69, 9.17) is 5.11 Å².